The first-order chi connectivity index (χ1) is 11.1. The summed E-state index contributed by atoms with van der Waals surface area (Å²) in [5.74, 6) is 1.59. The first-order valence-corrected chi connectivity index (χ1v) is 10.0. The van der Waals surface area contributed by atoms with Crippen molar-refractivity contribution >= 4 is 41.7 Å². The minimum absolute atomic E-state index is 0. The van der Waals surface area contributed by atoms with Gasteiger partial charge in [0.25, 0.3) is 0 Å². The highest BCUT2D eigenvalue weighted by Crippen LogP contribution is 2.20. The van der Waals surface area contributed by atoms with Crippen LogP contribution in [0.2, 0.25) is 0 Å². The monoisotopic (exact) mass is 473 g/mol. The van der Waals surface area contributed by atoms with Crippen molar-refractivity contribution in [2.75, 3.05) is 52.3 Å². The van der Waals surface area contributed by atoms with Gasteiger partial charge in [-0.1, -0.05) is 0 Å². The highest BCUT2D eigenvalue weighted by Gasteiger charge is 2.15. The third kappa shape index (κ3) is 11.8. The average Bonchev–Trinajstić information content (AvgIpc) is 2.56. The number of thioether (sulfide) groups is 1. The average molecular weight is 473 g/mol. The van der Waals surface area contributed by atoms with E-state index in [4.69, 9.17) is 9.47 Å². The maximum atomic E-state index is 5.79. The molecule has 24 heavy (non-hydrogen) atoms. The summed E-state index contributed by atoms with van der Waals surface area (Å²) in [5.41, 5.74) is 0. The van der Waals surface area contributed by atoms with Crippen LogP contribution in [0.4, 0.5) is 0 Å². The number of hydrogen-bond acceptors (Lipinski definition) is 4. The molecule has 2 N–H and O–H groups in total. The van der Waals surface area contributed by atoms with Crippen LogP contribution in [0.25, 0.3) is 0 Å². The van der Waals surface area contributed by atoms with Crippen LogP contribution in [0.5, 0.6) is 0 Å². The summed E-state index contributed by atoms with van der Waals surface area (Å²) in [4.78, 5) is 4.67. The van der Waals surface area contributed by atoms with Gasteiger partial charge < -0.3 is 20.1 Å². The zero-order chi connectivity index (χ0) is 17.0. The number of nitrogens with zero attached hydrogens (tertiary/aromatic N) is 1. The predicted octanol–water partition coefficient (Wildman–Crippen LogP) is 3.13. The molecule has 0 amide bonds. The largest absolute Gasteiger partial charge is 0.381 e. The topological polar surface area (TPSA) is 54.9 Å². The molecule has 1 aliphatic heterocycles. The smallest absolute Gasteiger partial charge is 0.191 e. The molecule has 0 aliphatic carbocycles. The van der Waals surface area contributed by atoms with Crippen LogP contribution >= 0.6 is 35.7 Å². The molecule has 0 atom stereocenters. The van der Waals surface area contributed by atoms with E-state index in [9.17, 15) is 0 Å². The van der Waals surface area contributed by atoms with Crippen molar-refractivity contribution in [2.45, 2.75) is 44.8 Å². The number of ether oxygens (including phenoxy) is 2. The Kier molecular flexibility index (Phi) is 14.6. The second-order valence-corrected chi connectivity index (χ2v) is 8.08. The molecule has 1 heterocycles. The highest BCUT2D eigenvalue weighted by molar-refractivity contribution is 14.0. The second-order valence-electron chi connectivity index (χ2n) is 6.57. The van der Waals surface area contributed by atoms with E-state index in [1.54, 1.807) is 0 Å². The lowest BCUT2D eigenvalue weighted by Gasteiger charge is -2.22. The maximum Gasteiger partial charge on any atom is 0.191 e. The molecule has 0 aromatic carbocycles. The van der Waals surface area contributed by atoms with E-state index in [0.29, 0.717) is 5.92 Å². The van der Waals surface area contributed by atoms with Gasteiger partial charge in [-0.25, -0.2) is 0 Å². The Labute approximate surface area is 169 Å². The standard InChI is InChI=1S/C17H35N3O2S.HI/c1-5-18-16(20-14-17(2,3)23-4)19-9-6-10-22-13-15-7-11-21-12-8-15;/h15H,5-14H2,1-4H3,(H2,18,19,20);1H. The van der Waals surface area contributed by atoms with E-state index >= 15 is 0 Å². The normalized spacial score (nSPS) is 16.6. The molecular formula is C17H36IN3O2S. The first-order valence-electron chi connectivity index (χ1n) is 8.80. The maximum absolute atomic E-state index is 5.79. The van der Waals surface area contributed by atoms with E-state index in [-0.39, 0.29) is 28.7 Å². The quantitative estimate of drug-likeness (QED) is 0.221. The van der Waals surface area contributed by atoms with E-state index in [2.05, 4.69) is 42.7 Å². The highest BCUT2D eigenvalue weighted by atomic mass is 127. The summed E-state index contributed by atoms with van der Waals surface area (Å²) in [6.07, 6.45) is 5.41. The Balaban J connectivity index is 0.00000529. The van der Waals surface area contributed by atoms with Gasteiger partial charge in [-0.3, -0.25) is 4.99 Å². The van der Waals surface area contributed by atoms with Gasteiger partial charge in [-0.15, -0.1) is 24.0 Å². The van der Waals surface area contributed by atoms with Crippen molar-refractivity contribution in [1.82, 2.24) is 10.6 Å². The minimum Gasteiger partial charge on any atom is -0.381 e. The van der Waals surface area contributed by atoms with Crippen LogP contribution in [0, 0.1) is 5.92 Å². The molecule has 5 nitrogen and oxygen atoms in total. The number of hydrogen-bond donors (Lipinski definition) is 2. The molecule has 0 unspecified atom stereocenters. The molecule has 0 saturated carbocycles. The van der Waals surface area contributed by atoms with Gasteiger partial charge >= 0.3 is 0 Å². The fourth-order valence-corrected chi connectivity index (χ4v) is 2.41. The van der Waals surface area contributed by atoms with Gasteiger partial charge in [0.2, 0.25) is 0 Å². The molecule has 0 bridgehead atoms. The molecule has 1 fully saturated rings. The number of rotatable bonds is 10. The summed E-state index contributed by atoms with van der Waals surface area (Å²) in [6.45, 7) is 12.6. The van der Waals surface area contributed by atoms with Gasteiger partial charge in [0.15, 0.2) is 5.96 Å². The molecule has 1 aliphatic rings. The predicted molar refractivity (Wildman–Crippen MR) is 116 cm³/mol. The van der Waals surface area contributed by atoms with Crippen LogP contribution in [0.1, 0.15) is 40.0 Å². The summed E-state index contributed by atoms with van der Waals surface area (Å²) in [7, 11) is 0. The summed E-state index contributed by atoms with van der Waals surface area (Å²) < 4.78 is 11.3. The molecule has 144 valence electrons. The zero-order valence-corrected chi connectivity index (χ0v) is 18.9. The molecule has 7 heteroatoms. The van der Waals surface area contributed by atoms with E-state index in [0.717, 1.165) is 71.3 Å². The second kappa shape index (κ2) is 14.4. The fraction of sp³-hybridized carbons (Fsp3) is 0.941. The van der Waals surface area contributed by atoms with Crippen LogP contribution in [-0.2, 0) is 9.47 Å². The van der Waals surface area contributed by atoms with Gasteiger partial charge in [0.05, 0.1) is 6.54 Å². The van der Waals surface area contributed by atoms with Gasteiger partial charge in [-0.05, 0) is 52.2 Å². The SMILES string of the molecule is CCNC(=NCC(C)(C)SC)NCCCOCC1CCOCC1.I. The number of halogens is 1. The van der Waals surface area contributed by atoms with Crippen LogP contribution in [0.3, 0.4) is 0 Å². The molecule has 0 radical (unpaired) electrons. The van der Waals surface area contributed by atoms with Gasteiger partial charge in [0, 0.05) is 44.3 Å². The molecular weight excluding hydrogens is 437 g/mol. The van der Waals surface area contributed by atoms with E-state index in [1.165, 1.54) is 0 Å². The number of aliphatic imine (C=N–C) groups is 1. The van der Waals surface area contributed by atoms with Crippen molar-refractivity contribution in [3.63, 3.8) is 0 Å². The molecule has 1 saturated heterocycles. The molecule has 1 rings (SSSR count). The molecule has 0 aromatic heterocycles. The van der Waals surface area contributed by atoms with Crippen LogP contribution < -0.4 is 10.6 Å². The van der Waals surface area contributed by atoms with Gasteiger partial charge in [-0.2, -0.15) is 11.8 Å². The Bertz CT molecular complexity index is 338. The number of guanidine groups is 1. The van der Waals surface area contributed by atoms with Crippen molar-refractivity contribution in [3.05, 3.63) is 0 Å². The van der Waals surface area contributed by atoms with Crippen molar-refractivity contribution in [3.8, 4) is 0 Å². The third-order valence-corrected chi connectivity index (χ3v) is 5.20. The zero-order valence-electron chi connectivity index (χ0n) is 15.7. The van der Waals surface area contributed by atoms with Crippen molar-refractivity contribution < 1.29 is 9.47 Å². The first kappa shape index (κ1) is 24.3. The van der Waals surface area contributed by atoms with E-state index < -0.39 is 0 Å². The molecule has 0 spiro atoms. The lowest BCUT2D eigenvalue weighted by molar-refractivity contribution is 0.0203. The third-order valence-electron chi connectivity index (χ3n) is 3.97. The summed E-state index contributed by atoms with van der Waals surface area (Å²) >= 11 is 1.84. The Hall–Kier alpha value is 0.270. The lowest BCUT2D eigenvalue weighted by atomic mass is 10.0. The number of nitrogens with one attached hydrogen (secondary N) is 2. The summed E-state index contributed by atoms with van der Waals surface area (Å²) in [6, 6.07) is 0. The minimum atomic E-state index is 0. The Morgan fingerprint density at radius 2 is 2.00 bits per heavy atom. The van der Waals surface area contributed by atoms with Crippen molar-refractivity contribution in [2.24, 2.45) is 10.9 Å². The van der Waals surface area contributed by atoms with Crippen molar-refractivity contribution in [1.29, 1.82) is 0 Å². The Morgan fingerprint density at radius 1 is 1.29 bits per heavy atom. The van der Waals surface area contributed by atoms with Gasteiger partial charge in [0.1, 0.15) is 0 Å². The lowest BCUT2D eigenvalue weighted by Crippen LogP contribution is -2.39. The fourth-order valence-electron chi connectivity index (χ4n) is 2.22. The van der Waals surface area contributed by atoms with Crippen LogP contribution in [-0.4, -0.2) is 63.0 Å². The van der Waals surface area contributed by atoms with Crippen LogP contribution in [0.15, 0.2) is 4.99 Å². The molecule has 0 aromatic rings. The summed E-state index contributed by atoms with van der Waals surface area (Å²) in [5, 5.41) is 6.68. The Morgan fingerprint density at radius 3 is 2.62 bits per heavy atom. The van der Waals surface area contributed by atoms with E-state index in [1.807, 2.05) is 11.8 Å².